The molecule has 0 amide bonds. The van der Waals surface area contributed by atoms with Crippen molar-refractivity contribution in [2.24, 2.45) is 5.16 Å². The molecule has 1 aromatic carbocycles. The van der Waals surface area contributed by atoms with Crippen molar-refractivity contribution in [2.75, 3.05) is 12.4 Å². The third kappa shape index (κ3) is 3.28. The molecule has 5 nitrogen and oxygen atoms in total. The third-order valence-corrected chi connectivity index (χ3v) is 2.74. The zero-order valence-corrected chi connectivity index (χ0v) is 11.2. The summed E-state index contributed by atoms with van der Waals surface area (Å²) < 4.78 is 0. The number of hydrogen-bond donors (Lipinski definition) is 1. The number of oxime groups is 1. The second-order valence-corrected chi connectivity index (χ2v) is 4.05. The van der Waals surface area contributed by atoms with Crippen LogP contribution in [0.15, 0.2) is 35.5 Å². The fourth-order valence-corrected chi connectivity index (χ4v) is 1.59. The van der Waals surface area contributed by atoms with Crippen molar-refractivity contribution in [3.8, 4) is 0 Å². The highest BCUT2D eigenvalue weighted by Gasteiger charge is 2.06. The van der Waals surface area contributed by atoms with Crippen LogP contribution < -0.4 is 5.32 Å². The first-order chi connectivity index (χ1) is 9.20. The lowest BCUT2D eigenvalue weighted by atomic mass is 10.2. The molecule has 2 aromatic rings. The fraction of sp³-hybridized carbons (Fsp3) is 0.214. The number of benzene rings is 1. The largest absolute Gasteiger partial charge is 0.399 e. The van der Waals surface area contributed by atoms with Crippen molar-refractivity contribution < 1.29 is 4.84 Å². The predicted molar refractivity (Wildman–Crippen MR) is 75.8 cm³/mol. The average Bonchev–Trinajstić information content (AvgIpc) is 2.42. The van der Waals surface area contributed by atoms with Crippen LogP contribution in [-0.4, -0.2) is 23.3 Å². The summed E-state index contributed by atoms with van der Waals surface area (Å²) >= 11 is 0. The van der Waals surface area contributed by atoms with Crippen LogP contribution in [0, 0.1) is 13.8 Å². The standard InChI is InChI=1S/C14H16N4O/c1-10-11(2)16-14(18-13(10)9-15-19-3)17-12-7-5-4-6-8-12/h4-9H,1-3H3,(H,16,17,18)/b15-9+. The van der Waals surface area contributed by atoms with Gasteiger partial charge >= 0.3 is 0 Å². The fourth-order valence-electron chi connectivity index (χ4n) is 1.59. The molecule has 1 aromatic heterocycles. The van der Waals surface area contributed by atoms with Gasteiger partial charge in [-0.3, -0.25) is 0 Å². The van der Waals surface area contributed by atoms with Gasteiger partial charge in [0.05, 0.1) is 11.9 Å². The lowest BCUT2D eigenvalue weighted by Gasteiger charge is -2.09. The first kappa shape index (κ1) is 13.0. The Labute approximate surface area is 112 Å². The van der Waals surface area contributed by atoms with Gasteiger partial charge in [-0.05, 0) is 31.5 Å². The topological polar surface area (TPSA) is 59.4 Å². The molecule has 5 heteroatoms. The molecular formula is C14H16N4O. The van der Waals surface area contributed by atoms with Gasteiger partial charge in [0.2, 0.25) is 5.95 Å². The summed E-state index contributed by atoms with van der Waals surface area (Å²) in [4.78, 5) is 13.5. The van der Waals surface area contributed by atoms with Gasteiger partial charge in [-0.25, -0.2) is 9.97 Å². The van der Waals surface area contributed by atoms with Gasteiger partial charge in [0.15, 0.2) is 0 Å². The van der Waals surface area contributed by atoms with Crippen molar-refractivity contribution in [1.82, 2.24) is 9.97 Å². The van der Waals surface area contributed by atoms with E-state index in [-0.39, 0.29) is 0 Å². The number of nitrogens with zero attached hydrogens (tertiary/aromatic N) is 3. The van der Waals surface area contributed by atoms with Gasteiger partial charge in [0.25, 0.3) is 0 Å². The van der Waals surface area contributed by atoms with E-state index in [0.717, 1.165) is 22.6 Å². The van der Waals surface area contributed by atoms with E-state index in [1.54, 1.807) is 6.21 Å². The predicted octanol–water partition coefficient (Wildman–Crippen LogP) is 2.82. The summed E-state index contributed by atoms with van der Waals surface area (Å²) in [5, 5.41) is 6.91. The zero-order valence-electron chi connectivity index (χ0n) is 11.2. The summed E-state index contributed by atoms with van der Waals surface area (Å²) in [6.07, 6.45) is 1.58. The molecule has 0 fully saturated rings. The minimum absolute atomic E-state index is 0.548. The molecule has 0 aliphatic rings. The van der Waals surface area contributed by atoms with Crippen LogP contribution in [0.5, 0.6) is 0 Å². The van der Waals surface area contributed by atoms with Crippen molar-refractivity contribution in [2.45, 2.75) is 13.8 Å². The molecule has 0 aliphatic carbocycles. The van der Waals surface area contributed by atoms with Crippen molar-refractivity contribution in [3.63, 3.8) is 0 Å². The van der Waals surface area contributed by atoms with Crippen LogP contribution in [0.25, 0.3) is 0 Å². The van der Waals surface area contributed by atoms with E-state index in [2.05, 4.69) is 25.3 Å². The Bertz CT molecular complexity index is 581. The molecule has 0 spiro atoms. The molecule has 0 saturated heterocycles. The number of nitrogens with one attached hydrogen (secondary N) is 1. The number of aromatic nitrogens is 2. The Morgan fingerprint density at radius 2 is 1.89 bits per heavy atom. The molecule has 0 atom stereocenters. The molecule has 98 valence electrons. The molecule has 0 aliphatic heterocycles. The lowest BCUT2D eigenvalue weighted by Crippen LogP contribution is -2.05. The Morgan fingerprint density at radius 1 is 1.16 bits per heavy atom. The Kier molecular flexibility index (Phi) is 4.07. The summed E-state index contributed by atoms with van der Waals surface area (Å²) in [5.41, 5.74) is 3.58. The van der Waals surface area contributed by atoms with Crippen LogP contribution in [0.2, 0.25) is 0 Å². The van der Waals surface area contributed by atoms with E-state index in [4.69, 9.17) is 0 Å². The van der Waals surface area contributed by atoms with E-state index < -0.39 is 0 Å². The highest BCUT2D eigenvalue weighted by atomic mass is 16.6. The van der Waals surface area contributed by atoms with Crippen LogP contribution in [0.1, 0.15) is 17.0 Å². The first-order valence-corrected chi connectivity index (χ1v) is 5.94. The Hall–Kier alpha value is -2.43. The minimum atomic E-state index is 0.548. The van der Waals surface area contributed by atoms with Gasteiger partial charge < -0.3 is 10.2 Å². The highest BCUT2D eigenvalue weighted by Crippen LogP contribution is 2.15. The molecule has 0 bridgehead atoms. The van der Waals surface area contributed by atoms with E-state index in [9.17, 15) is 0 Å². The average molecular weight is 256 g/mol. The minimum Gasteiger partial charge on any atom is -0.399 e. The number of aryl methyl sites for hydroxylation is 1. The maximum Gasteiger partial charge on any atom is 0.228 e. The number of anilines is 2. The van der Waals surface area contributed by atoms with E-state index >= 15 is 0 Å². The molecule has 1 heterocycles. The summed E-state index contributed by atoms with van der Waals surface area (Å²) in [5.74, 6) is 0.548. The highest BCUT2D eigenvalue weighted by molar-refractivity contribution is 5.79. The summed E-state index contributed by atoms with van der Waals surface area (Å²) in [7, 11) is 1.50. The van der Waals surface area contributed by atoms with Crippen LogP contribution in [-0.2, 0) is 4.84 Å². The Morgan fingerprint density at radius 3 is 2.58 bits per heavy atom. The van der Waals surface area contributed by atoms with Gasteiger partial charge in [-0.1, -0.05) is 23.4 Å². The van der Waals surface area contributed by atoms with E-state index in [0.29, 0.717) is 5.95 Å². The second-order valence-electron chi connectivity index (χ2n) is 4.05. The maximum absolute atomic E-state index is 4.69. The molecule has 0 saturated carbocycles. The molecular weight excluding hydrogens is 240 g/mol. The van der Waals surface area contributed by atoms with Gasteiger partial charge in [0.1, 0.15) is 7.11 Å². The summed E-state index contributed by atoms with van der Waals surface area (Å²) in [6.45, 7) is 3.90. The molecule has 19 heavy (non-hydrogen) atoms. The second kappa shape index (κ2) is 5.95. The van der Waals surface area contributed by atoms with Crippen molar-refractivity contribution >= 4 is 17.9 Å². The van der Waals surface area contributed by atoms with Gasteiger partial charge in [0, 0.05) is 11.4 Å². The Balaban J connectivity index is 2.31. The molecule has 1 N–H and O–H groups in total. The van der Waals surface area contributed by atoms with Gasteiger partial charge in [-0.15, -0.1) is 0 Å². The third-order valence-electron chi connectivity index (χ3n) is 2.74. The maximum atomic E-state index is 4.69. The van der Waals surface area contributed by atoms with Crippen LogP contribution >= 0.6 is 0 Å². The first-order valence-electron chi connectivity index (χ1n) is 5.94. The van der Waals surface area contributed by atoms with Crippen molar-refractivity contribution in [1.29, 1.82) is 0 Å². The smallest absolute Gasteiger partial charge is 0.228 e. The summed E-state index contributed by atoms with van der Waals surface area (Å²) in [6, 6.07) is 9.79. The SMILES string of the molecule is CO/N=C/c1nc(Nc2ccccc2)nc(C)c1C. The molecule has 2 rings (SSSR count). The van der Waals surface area contributed by atoms with E-state index in [1.807, 2.05) is 44.2 Å². The monoisotopic (exact) mass is 256 g/mol. The van der Waals surface area contributed by atoms with Gasteiger partial charge in [-0.2, -0.15) is 0 Å². The van der Waals surface area contributed by atoms with Crippen molar-refractivity contribution in [3.05, 3.63) is 47.3 Å². The molecule has 0 unspecified atom stereocenters. The number of para-hydroxylation sites is 1. The molecule has 0 radical (unpaired) electrons. The number of hydrogen-bond acceptors (Lipinski definition) is 5. The lowest BCUT2D eigenvalue weighted by molar-refractivity contribution is 0.215. The van der Waals surface area contributed by atoms with E-state index in [1.165, 1.54) is 7.11 Å². The number of rotatable bonds is 4. The van der Waals surface area contributed by atoms with Crippen LogP contribution in [0.4, 0.5) is 11.6 Å². The zero-order chi connectivity index (χ0) is 13.7. The normalized spacial score (nSPS) is 10.7. The quantitative estimate of drug-likeness (QED) is 0.675. The van der Waals surface area contributed by atoms with Crippen LogP contribution in [0.3, 0.4) is 0 Å².